The Labute approximate surface area is 191 Å². The first-order chi connectivity index (χ1) is 15.2. The van der Waals surface area contributed by atoms with E-state index in [1.54, 1.807) is 42.9 Å². The zero-order chi connectivity index (χ0) is 23.0. The van der Waals surface area contributed by atoms with E-state index in [0.29, 0.717) is 21.7 Å². The number of fused-ring (bicyclic) bond motifs is 1. The van der Waals surface area contributed by atoms with Crippen molar-refractivity contribution in [2.45, 2.75) is 20.8 Å². The van der Waals surface area contributed by atoms with Crippen molar-refractivity contribution in [3.63, 3.8) is 0 Å². The maximum Gasteiger partial charge on any atom is 0.268 e. The number of para-hydroxylation sites is 1. The van der Waals surface area contributed by atoms with Crippen molar-refractivity contribution in [1.82, 2.24) is 4.57 Å². The number of ether oxygens (including phenoxy) is 1. The van der Waals surface area contributed by atoms with E-state index in [1.807, 2.05) is 43.5 Å². The molecule has 0 aliphatic carbocycles. The Morgan fingerprint density at radius 3 is 2.47 bits per heavy atom. The maximum atomic E-state index is 12.6. The van der Waals surface area contributed by atoms with E-state index in [0.717, 1.165) is 27.8 Å². The molecular formula is C24H24N2O4S2. The summed E-state index contributed by atoms with van der Waals surface area (Å²) in [6.45, 7) is 5.55. The lowest BCUT2D eigenvalue weighted by atomic mass is 10.0. The van der Waals surface area contributed by atoms with Crippen LogP contribution in [-0.4, -0.2) is 18.7 Å². The maximum absolute atomic E-state index is 12.6. The number of rotatable bonds is 6. The van der Waals surface area contributed by atoms with Gasteiger partial charge < -0.3 is 9.30 Å². The normalized spacial score (nSPS) is 11.6. The van der Waals surface area contributed by atoms with Gasteiger partial charge in [0, 0.05) is 35.4 Å². The molecule has 4 aromatic rings. The van der Waals surface area contributed by atoms with E-state index >= 15 is 0 Å². The Bertz CT molecular complexity index is 1460. The summed E-state index contributed by atoms with van der Waals surface area (Å²) in [6, 6.07) is 13.0. The molecule has 2 aromatic carbocycles. The van der Waals surface area contributed by atoms with Gasteiger partial charge in [-0.15, -0.1) is 11.3 Å². The van der Waals surface area contributed by atoms with Crippen LogP contribution < -0.4 is 15.0 Å². The van der Waals surface area contributed by atoms with Gasteiger partial charge in [-0.1, -0.05) is 18.2 Å². The summed E-state index contributed by atoms with van der Waals surface area (Å²) in [6.07, 6.45) is 1.77. The zero-order valence-corrected chi connectivity index (χ0v) is 19.9. The zero-order valence-electron chi connectivity index (χ0n) is 18.3. The predicted octanol–water partition coefficient (Wildman–Crippen LogP) is 5.44. The van der Waals surface area contributed by atoms with E-state index in [-0.39, 0.29) is 11.3 Å². The highest BCUT2D eigenvalue weighted by Crippen LogP contribution is 2.40. The van der Waals surface area contributed by atoms with Gasteiger partial charge in [-0.05, 0) is 61.5 Å². The lowest BCUT2D eigenvalue weighted by molar-refractivity contribution is 0.477. The molecule has 2 heterocycles. The second kappa shape index (κ2) is 8.44. The molecule has 0 amide bonds. The topological polar surface area (TPSA) is 77.4 Å². The first-order valence-corrected chi connectivity index (χ1v) is 12.7. The van der Waals surface area contributed by atoms with Crippen LogP contribution in [0, 0.1) is 13.8 Å². The highest BCUT2D eigenvalue weighted by Gasteiger charge is 2.18. The molecule has 0 spiro atoms. The third-order valence-corrected chi connectivity index (χ3v) is 7.55. The number of aryl methyl sites for hydroxylation is 3. The van der Waals surface area contributed by atoms with Crippen molar-refractivity contribution < 1.29 is 13.2 Å². The molecule has 0 radical (unpaired) electrons. The van der Waals surface area contributed by atoms with E-state index in [4.69, 9.17) is 4.74 Å². The number of benzene rings is 2. The van der Waals surface area contributed by atoms with Gasteiger partial charge in [-0.3, -0.25) is 9.52 Å². The van der Waals surface area contributed by atoms with Crippen molar-refractivity contribution in [1.29, 1.82) is 0 Å². The van der Waals surface area contributed by atoms with Crippen molar-refractivity contribution in [3.05, 3.63) is 75.5 Å². The number of nitrogens with one attached hydrogen (secondary N) is 1. The minimum atomic E-state index is -3.45. The fourth-order valence-corrected chi connectivity index (χ4v) is 5.12. The average molecular weight is 469 g/mol. The highest BCUT2D eigenvalue weighted by molar-refractivity contribution is 7.92. The third kappa shape index (κ3) is 4.16. The van der Waals surface area contributed by atoms with Gasteiger partial charge in [-0.2, -0.15) is 0 Å². The molecule has 166 valence electrons. The summed E-state index contributed by atoms with van der Waals surface area (Å²) in [5.41, 5.74) is 3.84. The number of nitrogens with zero attached hydrogens (tertiary/aromatic N) is 1. The second-order valence-corrected chi connectivity index (χ2v) is 10.6. The molecule has 8 heteroatoms. The number of thiophene rings is 1. The van der Waals surface area contributed by atoms with Crippen molar-refractivity contribution >= 4 is 37.1 Å². The van der Waals surface area contributed by atoms with Crippen molar-refractivity contribution in [2.75, 3.05) is 10.5 Å². The molecule has 0 saturated carbocycles. The Kier molecular flexibility index (Phi) is 5.83. The number of aromatic nitrogens is 1. The van der Waals surface area contributed by atoms with E-state index < -0.39 is 10.0 Å². The van der Waals surface area contributed by atoms with Crippen molar-refractivity contribution in [3.8, 4) is 22.6 Å². The number of hydrogen-bond acceptors (Lipinski definition) is 5. The van der Waals surface area contributed by atoms with Crippen LogP contribution in [0.15, 0.2) is 58.8 Å². The Morgan fingerprint density at radius 2 is 1.78 bits per heavy atom. The van der Waals surface area contributed by atoms with Crippen LogP contribution in [0.2, 0.25) is 0 Å². The van der Waals surface area contributed by atoms with Crippen LogP contribution in [0.5, 0.6) is 11.5 Å². The molecule has 0 aliphatic heterocycles. The minimum absolute atomic E-state index is 0.0302. The average Bonchev–Trinajstić information content (AvgIpc) is 3.24. The summed E-state index contributed by atoms with van der Waals surface area (Å²) in [5.74, 6) is 1.30. The molecule has 4 rings (SSSR count). The molecule has 1 N–H and O–H groups in total. The van der Waals surface area contributed by atoms with Crippen LogP contribution >= 0.6 is 11.3 Å². The van der Waals surface area contributed by atoms with Gasteiger partial charge in [-0.25, -0.2) is 8.42 Å². The number of hydrogen-bond donors (Lipinski definition) is 1. The highest BCUT2D eigenvalue weighted by atomic mass is 32.2. The summed E-state index contributed by atoms with van der Waals surface area (Å²) in [5, 5.41) is 2.69. The van der Waals surface area contributed by atoms with Crippen LogP contribution in [0.1, 0.15) is 18.1 Å². The van der Waals surface area contributed by atoms with Gasteiger partial charge >= 0.3 is 0 Å². The first kappa shape index (κ1) is 22.1. The molecule has 32 heavy (non-hydrogen) atoms. The monoisotopic (exact) mass is 468 g/mol. The molecule has 6 nitrogen and oxygen atoms in total. The van der Waals surface area contributed by atoms with Gasteiger partial charge in [0.25, 0.3) is 5.56 Å². The fraction of sp³-hybridized carbons (Fsp3) is 0.208. The van der Waals surface area contributed by atoms with E-state index in [1.165, 1.54) is 11.3 Å². The second-order valence-electron chi connectivity index (χ2n) is 7.66. The van der Waals surface area contributed by atoms with Crippen LogP contribution in [0.4, 0.5) is 5.69 Å². The quantitative estimate of drug-likeness (QED) is 0.409. The lowest BCUT2D eigenvalue weighted by Gasteiger charge is -2.17. The molecule has 0 atom stereocenters. The fourth-order valence-electron chi connectivity index (χ4n) is 3.60. The summed E-state index contributed by atoms with van der Waals surface area (Å²) in [7, 11) is -1.74. The van der Waals surface area contributed by atoms with Crippen LogP contribution in [-0.2, 0) is 17.1 Å². The van der Waals surface area contributed by atoms with Crippen molar-refractivity contribution in [2.24, 2.45) is 7.05 Å². The Balaban J connectivity index is 1.95. The van der Waals surface area contributed by atoms with E-state index in [2.05, 4.69) is 4.72 Å². The first-order valence-electron chi connectivity index (χ1n) is 10.2. The predicted molar refractivity (Wildman–Crippen MR) is 132 cm³/mol. The Hall–Kier alpha value is -3.10. The summed E-state index contributed by atoms with van der Waals surface area (Å²) < 4.78 is 35.5. The molecule has 0 fully saturated rings. The molecule has 0 aliphatic rings. The molecule has 0 unspecified atom stereocenters. The van der Waals surface area contributed by atoms with Gasteiger partial charge in [0.2, 0.25) is 10.0 Å². The molecular weight excluding hydrogens is 444 g/mol. The van der Waals surface area contributed by atoms with Gasteiger partial charge in [0.05, 0.1) is 5.75 Å². The summed E-state index contributed by atoms with van der Waals surface area (Å²) >= 11 is 1.38. The SMILES string of the molecule is CCS(=O)(=O)Nc1ccc(Oc2c(C)cccc2C)c(-c2cn(C)c(=O)c3sccc23)c1. The number of anilines is 1. The third-order valence-electron chi connectivity index (χ3n) is 5.34. The Morgan fingerprint density at radius 1 is 1.06 bits per heavy atom. The molecule has 0 saturated heterocycles. The number of sulfonamides is 1. The minimum Gasteiger partial charge on any atom is -0.456 e. The van der Waals surface area contributed by atoms with E-state index in [9.17, 15) is 13.2 Å². The lowest BCUT2D eigenvalue weighted by Crippen LogP contribution is -2.16. The molecule has 0 bridgehead atoms. The standard InChI is InChI=1S/C24H24N2O4S2/c1-5-32(28,29)25-17-9-10-21(30-22-15(2)7-6-8-16(22)3)19(13-17)20-14-26(4)24(27)23-18(20)11-12-31-23/h6-14,25H,5H2,1-4H3. The largest absolute Gasteiger partial charge is 0.456 e. The van der Waals surface area contributed by atoms with Gasteiger partial charge in [0.15, 0.2) is 0 Å². The summed E-state index contributed by atoms with van der Waals surface area (Å²) in [4.78, 5) is 12.6. The van der Waals surface area contributed by atoms with Crippen LogP contribution in [0.25, 0.3) is 21.2 Å². The smallest absolute Gasteiger partial charge is 0.268 e. The van der Waals surface area contributed by atoms with Gasteiger partial charge in [0.1, 0.15) is 16.2 Å². The number of pyridine rings is 1. The molecule has 2 aromatic heterocycles. The van der Waals surface area contributed by atoms with Crippen LogP contribution in [0.3, 0.4) is 0 Å².